The highest BCUT2D eigenvalue weighted by atomic mass is 16.8. The first-order chi connectivity index (χ1) is 51.1. The lowest BCUT2D eigenvalue weighted by Gasteiger charge is -2.51. The minimum absolute atomic E-state index is 0.909. The molecule has 3 amide bonds. The topological polar surface area (TPSA) is 750 Å². The number of amides is 3. The molecule has 0 aromatic carbocycles. The maximum Gasteiger partial charge on any atom is 0.217 e. The molecule has 108 heavy (non-hydrogen) atoms. The highest BCUT2D eigenvalue weighted by molar-refractivity contribution is 5.74. The molecule has 0 radical (unpaired) electrons. The van der Waals surface area contributed by atoms with Crippen molar-refractivity contribution in [2.75, 3.05) is 52.9 Å². The number of carbonyl (C=O) groups excluding carboxylic acids is 3. The molecular weight excluding hydrogens is 1480 g/mol. The van der Waals surface area contributed by atoms with Crippen LogP contribution in [-0.4, -0.2) is 474 Å². The van der Waals surface area contributed by atoms with E-state index in [9.17, 15) is 142 Å². The zero-order valence-corrected chi connectivity index (χ0v) is 58.0. The van der Waals surface area contributed by atoms with Crippen LogP contribution in [0.2, 0.25) is 0 Å². The lowest BCUT2D eigenvalue weighted by molar-refractivity contribution is -0.392. The third-order valence-electron chi connectivity index (χ3n) is 19.9. The second-order valence-electron chi connectivity index (χ2n) is 27.4. The van der Waals surface area contributed by atoms with Gasteiger partial charge >= 0.3 is 0 Å². The van der Waals surface area contributed by atoms with E-state index in [1.807, 2.05) is 0 Å². The van der Waals surface area contributed by atoms with Crippen LogP contribution >= 0.6 is 0 Å². The Labute approximate surface area is 611 Å². The molecule has 9 saturated heterocycles. The summed E-state index contributed by atoms with van der Waals surface area (Å²) in [4.78, 5) is 39.6. The molecule has 9 fully saturated rings. The van der Waals surface area contributed by atoms with Crippen molar-refractivity contribution in [3.8, 4) is 0 Å². The van der Waals surface area contributed by atoms with Gasteiger partial charge in [-0.2, -0.15) is 0 Å². The van der Waals surface area contributed by atoms with Crippen LogP contribution in [0.3, 0.4) is 0 Å². The van der Waals surface area contributed by atoms with Crippen LogP contribution in [0.15, 0.2) is 0 Å². The Hall–Kier alpha value is -3.27. The van der Waals surface area contributed by atoms with Crippen molar-refractivity contribution in [2.24, 2.45) is 0 Å². The number of hydrogen-bond acceptors (Lipinski definition) is 45. The summed E-state index contributed by atoms with van der Waals surface area (Å²) in [7, 11) is 0. The second kappa shape index (κ2) is 38.5. The summed E-state index contributed by atoms with van der Waals surface area (Å²) in [5, 5.41) is 283. The van der Waals surface area contributed by atoms with E-state index in [1.165, 1.54) is 6.92 Å². The van der Waals surface area contributed by atoms with Crippen molar-refractivity contribution in [1.82, 2.24) is 16.0 Å². The summed E-state index contributed by atoms with van der Waals surface area (Å²) in [6.45, 7) is -4.63. The van der Waals surface area contributed by atoms with Crippen LogP contribution in [0.4, 0.5) is 0 Å². The molecule has 9 rings (SSSR count). The zero-order valence-electron chi connectivity index (χ0n) is 58.0. The average Bonchev–Trinajstić information content (AvgIpc) is 0.773. The molecule has 0 bridgehead atoms. The van der Waals surface area contributed by atoms with Gasteiger partial charge < -0.3 is 224 Å². The fourth-order valence-electron chi connectivity index (χ4n) is 14.0. The second-order valence-corrected chi connectivity index (χ2v) is 27.4. The van der Waals surface area contributed by atoms with E-state index in [4.69, 9.17) is 80.5 Å². The molecule has 0 spiro atoms. The summed E-state index contributed by atoms with van der Waals surface area (Å²) < 4.78 is 100. The lowest BCUT2D eigenvalue weighted by atomic mass is 9.93. The third-order valence-corrected chi connectivity index (χ3v) is 19.9. The van der Waals surface area contributed by atoms with Crippen molar-refractivity contribution in [1.29, 1.82) is 0 Å². The molecule has 48 nitrogen and oxygen atoms in total. The summed E-state index contributed by atoms with van der Waals surface area (Å²) in [6.07, 6.45) is -85.9. The van der Waals surface area contributed by atoms with Crippen molar-refractivity contribution >= 4 is 17.7 Å². The van der Waals surface area contributed by atoms with E-state index in [0.29, 0.717) is 0 Å². The van der Waals surface area contributed by atoms with E-state index in [-0.39, 0.29) is 0 Å². The Kier molecular flexibility index (Phi) is 31.6. The van der Waals surface area contributed by atoms with Crippen LogP contribution in [-0.2, 0) is 94.9 Å². The Bertz CT molecular complexity index is 2820. The maximum atomic E-state index is 13.4. The third kappa shape index (κ3) is 19.1. The molecule has 9 heterocycles. The number of nitrogens with one attached hydrogen (secondary N) is 3. The quantitative estimate of drug-likeness (QED) is 0.0363. The van der Waals surface area contributed by atoms with Crippen LogP contribution < -0.4 is 16.0 Å². The van der Waals surface area contributed by atoms with Gasteiger partial charge in [0, 0.05) is 20.8 Å². The number of carbonyl (C=O) groups is 3. The van der Waals surface area contributed by atoms with Gasteiger partial charge in [0.1, 0.15) is 213 Å². The molecule has 0 aromatic rings. The SMILES string of the molecule is CC(=O)N[C@H]1[C@H](OC[C@H]2O[C@@H](O[C@H]3[C@H](O)[C@@H](CO)O[C@@H](O[C@H]4[C@@H](O)[C@@H](CO)O[C@@H](O[C@H]5[C@H](O)[C@@H](O)[C@H](O)O[C@@H]5CO)[C@@H]4O)[C@@H]3NC(C)=O)[C@H](O)[C@@H](O[C@@H]3O[C@H](CO)[C@@H](O)[C@H](O[C@@H]4O[C@H](CO)[C@H](O)[C@H](O)[C@H]4O[C@@H]4O[C@@H](C)[C@@H](O)[C@@H](O)[C@@H]4O)[C@H]3NC(C)=O)[C@H]2O)O[C@H](CO)[C@@H](O[C@@H]2O[C@H](CO)[C@H](O)[C@H](O)[C@H]2O)[C@@H]1O. The van der Waals surface area contributed by atoms with Gasteiger partial charge in [-0.3, -0.25) is 14.4 Å². The molecule has 0 aromatic heterocycles. The van der Waals surface area contributed by atoms with Crippen LogP contribution in [0.25, 0.3) is 0 Å². The van der Waals surface area contributed by atoms with E-state index >= 15 is 0 Å². The Morgan fingerprint density at radius 2 is 0.565 bits per heavy atom. The minimum atomic E-state index is -2.57. The molecule has 0 unspecified atom stereocenters. The molecular formula is C60H101N3O45. The summed E-state index contributed by atoms with van der Waals surface area (Å²) in [6, 6.07) is -5.92. The molecule has 45 atom stereocenters. The van der Waals surface area contributed by atoms with Crippen molar-refractivity contribution in [3.05, 3.63) is 0 Å². The highest BCUT2D eigenvalue weighted by Crippen LogP contribution is 2.40. The largest absolute Gasteiger partial charge is 0.394 e. The number of hydrogen-bond donors (Lipinski definition) is 28. The first-order valence-electron chi connectivity index (χ1n) is 34.5. The van der Waals surface area contributed by atoms with Crippen molar-refractivity contribution in [3.63, 3.8) is 0 Å². The summed E-state index contributed by atoms with van der Waals surface area (Å²) in [5.41, 5.74) is 0. The first kappa shape index (κ1) is 88.7. The van der Waals surface area contributed by atoms with Crippen molar-refractivity contribution in [2.45, 2.75) is 304 Å². The smallest absolute Gasteiger partial charge is 0.217 e. The molecule has 626 valence electrons. The molecule has 9 aliphatic heterocycles. The molecule has 9 aliphatic rings. The van der Waals surface area contributed by atoms with E-state index in [1.54, 1.807) is 0 Å². The predicted molar refractivity (Wildman–Crippen MR) is 330 cm³/mol. The fourth-order valence-corrected chi connectivity index (χ4v) is 14.0. The van der Waals surface area contributed by atoms with E-state index in [2.05, 4.69) is 16.0 Å². The van der Waals surface area contributed by atoms with Crippen LogP contribution in [0.1, 0.15) is 27.7 Å². The Morgan fingerprint density at radius 3 is 1.03 bits per heavy atom. The normalized spacial score (nSPS) is 50.4. The lowest BCUT2D eigenvalue weighted by Crippen LogP contribution is -2.71. The molecule has 0 saturated carbocycles. The van der Waals surface area contributed by atoms with Crippen molar-refractivity contribution < 1.29 is 223 Å². The molecule has 48 heteroatoms. The first-order valence-corrected chi connectivity index (χ1v) is 34.5. The molecule has 28 N–H and O–H groups in total. The Morgan fingerprint density at radius 1 is 0.259 bits per heavy atom. The van der Waals surface area contributed by atoms with Gasteiger partial charge in [-0.1, -0.05) is 0 Å². The predicted octanol–water partition coefficient (Wildman–Crippen LogP) is -19.2. The van der Waals surface area contributed by atoms with Gasteiger partial charge in [0.05, 0.1) is 59.0 Å². The zero-order chi connectivity index (χ0) is 79.5. The van der Waals surface area contributed by atoms with E-state index < -0.39 is 347 Å². The van der Waals surface area contributed by atoms with Crippen LogP contribution in [0, 0.1) is 0 Å². The summed E-state index contributed by atoms with van der Waals surface area (Å²) >= 11 is 0. The minimum Gasteiger partial charge on any atom is -0.394 e. The fraction of sp³-hybridized carbons (Fsp3) is 0.950. The van der Waals surface area contributed by atoms with E-state index in [0.717, 1.165) is 20.8 Å². The standard InChI is InChI=1S/C60H101N3O45/c1-13-28(74)36(82)41(87)56(93-13)108-51-38(84)30(76)18(6-65)99-60(51)105-48-27(63-16(4)73)55(96-20(8-67)32(48)78)107-50-34(80)24(12-92-53-25(61-14(2)71)35(81)45(23(11-70)100-53)102-57-42(88)37(83)29(75)17(5-64)97-57)101-59(44(50)90)104-47-26(62-15(3)72)54(95-19(7-66)31(47)77)106-49-33(79)21(9-68)98-58(43(49)89)103-46-22(10-69)94-52(91)40(86)39(46)85/h13,17-60,64-70,74-91H,5-12H2,1-4H3,(H,61,71)(H,62,72)(H,63,73)/t13-,17+,18+,19+,20+,21+,22+,23+,24+,25+,26+,27+,28+,29-,30-,31+,32+,33-,34-,35+,36+,37-,38-,39+,40+,41-,42+,43+,44+,45+,46+,47+,48+,49-,50-,51+,52+,53+,54-,55-,56-,57-,58-,59-,60-/m0/s1. The van der Waals surface area contributed by atoms with Gasteiger partial charge in [0.15, 0.2) is 56.6 Å². The number of aliphatic hydroxyl groups excluding tert-OH is 25. The monoisotopic (exact) mass is 1580 g/mol. The Balaban J connectivity index is 1.07. The number of aliphatic hydroxyl groups is 25. The average molecular weight is 1580 g/mol. The molecule has 0 aliphatic carbocycles. The van der Waals surface area contributed by atoms with Gasteiger partial charge in [-0.15, -0.1) is 0 Å². The van der Waals surface area contributed by atoms with Gasteiger partial charge in [-0.25, -0.2) is 0 Å². The number of rotatable bonds is 27. The summed E-state index contributed by atoms with van der Waals surface area (Å²) in [5.74, 6) is -2.93. The van der Waals surface area contributed by atoms with Gasteiger partial charge in [-0.05, 0) is 6.92 Å². The highest BCUT2D eigenvalue weighted by Gasteiger charge is 2.61. The van der Waals surface area contributed by atoms with Gasteiger partial charge in [0.2, 0.25) is 17.7 Å². The van der Waals surface area contributed by atoms with Gasteiger partial charge in [0.25, 0.3) is 0 Å². The maximum absolute atomic E-state index is 13.4. The number of ether oxygens (including phenoxy) is 17. The van der Waals surface area contributed by atoms with Crippen LogP contribution in [0.5, 0.6) is 0 Å².